The quantitative estimate of drug-likeness (QED) is 0.872. The largest absolute Gasteiger partial charge is 0.350 e. The van der Waals surface area contributed by atoms with Crippen LogP contribution in [0.4, 0.5) is 0 Å². The van der Waals surface area contributed by atoms with Crippen molar-refractivity contribution >= 4 is 12.0 Å². The predicted molar refractivity (Wildman–Crippen MR) is 102 cm³/mol. The molecule has 2 aromatic rings. The van der Waals surface area contributed by atoms with Gasteiger partial charge in [-0.3, -0.25) is 14.4 Å². The summed E-state index contributed by atoms with van der Waals surface area (Å²) in [6, 6.07) is 12.5. The lowest BCUT2D eigenvalue weighted by Crippen LogP contribution is -2.34. The fraction of sp³-hybridized carbons (Fsp3) is 0.429. The van der Waals surface area contributed by atoms with E-state index in [1.807, 2.05) is 6.07 Å². The molecule has 0 saturated heterocycles. The number of fused-ring (bicyclic) bond motifs is 1. The summed E-state index contributed by atoms with van der Waals surface area (Å²) in [5.74, 6) is 0.425. The van der Waals surface area contributed by atoms with E-state index >= 15 is 0 Å². The molecule has 26 heavy (non-hydrogen) atoms. The molecule has 1 aromatic heterocycles. The van der Waals surface area contributed by atoms with Gasteiger partial charge in [-0.25, -0.2) is 0 Å². The second-order valence-electron chi connectivity index (χ2n) is 7.24. The first-order valence-electron chi connectivity index (χ1n) is 9.55. The van der Waals surface area contributed by atoms with Gasteiger partial charge in [0.15, 0.2) is 0 Å². The number of rotatable bonds is 6. The summed E-state index contributed by atoms with van der Waals surface area (Å²) in [6.45, 7) is 4.30. The smallest absolute Gasteiger partial charge is 0.223 e. The molecule has 5 heteroatoms. The van der Waals surface area contributed by atoms with Crippen molar-refractivity contribution in [2.45, 2.75) is 38.9 Å². The Balaban J connectivity index is 1.28. The number of carbonyl (C=O) groups excluding carboxylic acids is 1. The minimum atomic E-state index is 0.190. The number of hydrogen-bond donors (Lipinski definition) is 1. The van der Waals surface area contributed by atoms with E-state index in [-0.39, 0.29) is 11.8 Å². The van der Waals surface area contributed by atoms with Crippen LogP contribution in [0, 0.1) is 5.92 Å². The van der Waals surface area contributed by atoms with Gasteiger partial charge in [-0.1, -0.05) is 48.9 Å². The molecule has 0 spiro atoms. The third-order valence-electron chi connectivity index (χ3n) is 5.32. The zero-order valence-corrected chi connectivity index (χ0v) is 15.1. The van der Waals surface area contributed by atoms with Crippen molar-refractivity contribution in [1.29, 1.82) is 0 Å². The first-order valence-corrected chi connectivity index (χ1v) is 9.55. The van der Waals surface area contributed by atoms with Gasteiger partial charge in [0.2, 0.25) is 5.91 Å². The van der Waals surface area contributed by atoms with E-state index in [0.717, 1.165) is 44.7 Å². The van der Waals surface area contributed by atoms with Gasteiger partial charge < -0.3 is 5.32 Å². The maximum atomic E-state index is 12.0. The first kappa shape index (κ1) is 17.0. The predicted octanol–water partition coefficient (Wildman–Crippen LogP) is 2.83. The molecule has 0 radical (unpaired) electrons. The van der Waals surface area contributed by atoms with E-state index in [0.29, 0.717) is 6.54 Å². The van der Waals surface area contributed by atoms with E-state index in [9.17, 15) is 4.79 Å². The molecule has 1 amide bonds. The standard InChI is InChI=1S/C21H26N4O/c26-21(18-9-4-10-18)22-15-19-14-20-16-24(12-13-25(20)23-19)11-5-8-17-6-2-1-3-7-17/h1-3,5-8,14,18H,4,9-13,15-16H2,(H,22,26). The van der Waals surface area contributed by atoms with E-state index < -0.39 is 0 Å². The number of amides is 1. The maximum absolute atomic E-state index is 12.0. The monoisotopic (exact) mass is 350 g/mol. The molecule has 0 atom stereocenters. The van der Waals surface area contributed by atoms with Crippen LogP contribution >= 0.6 is 0 Å². The molecule has 2 heterocycles. The Morgan fingerprint density at radius 3 is 2.85 bits per heavy atom. The van der Waals surface area contributed by atoms with Crippen molar-refractivity contribution in [2.75, 3.05) is 13.1 Å². The molecule has 0 bridgehead atoms. The molecule has 1 saturated carbocycles. The Bertz CT molecular complexity index is 777. The SMILES string of the molecule is O=C(NCc1cc2n(n1)CCN(CC=Cc1ccccc1)C2)C1CCC1. The van der Waals surface area contributed by atoms with E-state index in [4.69, 9.17) is 0 Å². The Hall–Kier alpha value is -2.40. The van der Waals surface area contributed by atoms with Crippen LogP contribution in [-0.2, 0) is 24.4 Å². The summed E-state index contributed by atoms with van der Waals surface area (Å²) in [4.78, 5) is 14.4. The molecule has 2 aliphatic rings. The van der Waals surface area contributed by atoms with E-state index in [1.54, 1.807) is 0 Å². The Morgan fingerprint density at radius 1 is 1.23 bits per heavy atom. The van der Waals surface area contributed by atoms with Crippen LogP contribution in [0.5, 0.6) is 0 Å². The molecule has 0 unspecified atom stereocenters. The summed E-state index contributed by atoms with van der Waals surface area (Å²) < 4.78 is 2.09. The van der Waals surface area contributed by atoms with Gasteiger partial charge in [-0.05, 0) is 24.5 Å². The Morgan fingerprint density at radius 2 is 2.08 bits per heavy atom. The summed E-state index contributed by atoms with van der Waals surface area (Å²) in [7, 11) is 0. The van der Waals surface area contributed by atoms with Gasteiger partial charge >= 0.3 is 0 Å². The van der Waals surface area contributed by atoms with Crippen molar-refractivity contribution in [2.24, 2.45) is 5.92 Å². The minimum absolute atomic E-state index is 0.190. The van der Waals surface area contributed by atoms with Crippen LogP contribution in [0.2, 0.25) is 0 Å². The molecule has 4 rings (SSSR count). The molecule has 1 aromatic carbocycles. The molecule has 5 nitrogen and oxygen atoms in total. The van der Waals surface area contributed by atoms with Gasteiger partial charge in [0.05, 0.1) is 24.5 Å². The number of aromatic nitrogens is 2. The zero-order chi connectivity index (χ0) is 17.8. The van der Waals surface area contributed by atoms with Crippen LogP contribution in [0.25, 0.3) is 6.08 Å². The van der Waals surface area contributed by atoms with Crippen molar-refractivity contribution in [3.63, 3.8) is 0 Å². The number of benzene rings is 1. The average molecular weight is 350 g/mol. The highest BCUT2D eigenvalue weighted by molar-refractivity contribution is 5.79. The van der Waals surface area contributed by atoms with Gasteiger partial charge in [-0.2, -0.15) is 5.10 Å². The third kappa shape index (κ3) is 4.05. The van der Waals surface area contributed by atoms with Crippen LogP contribution in [-0.4, -0.2) is 33.7 Å². The lowest BCUT2D eigenvalue weighted by Gasteiger charge is -2.26. The fourth-order valence-corrected chi connectivity index (χ4v) is 3.52. The third-order valence-corrected chi connectivity index (χ3v) is 5.32. The molecule has 1 aliphatic heterocycles. The number of nitrogens with one attached hydrogen (secondary N) is 1. The minimum Gasteiger partial charge on any atom is -0.350 e. The highest BCUT2D eigenvalue weighted by atomic mass is 16.1. The van der Waals surface area contributed by atoms with Gasteiger partial charge in [0.1, 0.15) is 0 Å². The first-order chi connectivity index (χ1) is 12.8. The highest BCUT2D eigenvalue weighted by Gasteiger charge is 2.25. The van der Waals surface area contributed by atoms with Crippen LogP contribution in [0.1, 0.15) is 36.2 Å². The Labute approximate surface area is 154 Å². The number of nitrogens with zero attached hydrogens (tertiary/aromatic N) is 3. The molecular weight excluding hydrogens is 324 g/mol. The lowest BCUT2D eigenvalue weighted by atomic mass is 9.85. The zero-order valence-electron chi connectivity index (χ0n) is 15.1. The van der Waals surface area contributed by atoms with Gasteiger partial charge in [0, 0.05) is 25.6 Å². The number of hydrogen-bond acceptors (Lipinski definition) is 3. The summed E-state index contributed by atoms with van der Waals surface area (Å²) in [5.41, 5.74) is 3.44. The van der Waals surface area contributed by atoms with E-state index in [2.05, 4.69) is 62.5 Å². The van der Waals surface area contributed by atoms with E-state index in [1.165, 1.54) is 17.7 Å². The van der Waals surface area contributed by atoms with Crippen molar-refractivity contribution < 1.29 is 4.79 Å². The van der Waals surface area contributed by atoms with Crippen LogP contribution in [0.3, 0.4) is 0 Å². The summed E-state index contributed by atoms with van der Waals surface area (Å²) >= 11 is 0. The Kier molecular flexibility index (Phi) is 5.16. The number of carbonyl (C=O) groups is 1. The molecule has 1 N–H and O–H groups in total. The van der Waals surface area contributed by atoms with Gasteiger partial charge in [0.25, 0.3) is 0 Å². The molecule has 1 aliphatic carbocycles. The second-order valence-corrected chi connectivity index (χ2v) is 7.24. The second kappa shape index (κ2) is 7.87. The molecule has 1 fully saturated rings. The lowest BCUT2D eigenvalue weighted by molar-refractivity contribution is -0.127. The maximum Gasteiger partial charge on any atom is 0.223 e. The topological polar surface area (TPSA) is 50.2 Å². The van der Waals surface area contributed by atoms with Gasteiger partial charge in [-0.15, -0.1) is 0 Å². The summed E-state index contributed by atoms with van der Waals surface area (Å²) in [6.07, 6.45) is 7.66. The van der Waals surface area contributed by atoms with Crippen molar-refractivity contribution in [3.8, 4) is 0 Å². The summed E-state index contributed by atoms with van der Waals surface area (Å²) in [5, 5.41) is 7.68. The van der Waals surface area contributed by atoms with Crippen molar-refractivity contribution in [3.05, 3.63) is 59.4 Å². The van der Waals surface area contributed by atoms with Crippen LogP contribution in [0.15, 0.2) is 42.5 Å². The van der Waals surface area contributed by atoms with Crippen LogP contribution < -0.4 is 5.32 Å². The fourth-order valence-electron chi connectivity index (χ4n) is 3.52. The average Bonchev–Trinajstić information content (AvgIpc) is 3.02. The molecule has 136 valence electrons. The highest BCUT2D eigenvalue weighted by Crippen LogP contribution is 2.26. The molecular formula is C21H26N4O. The normalized spacial score (nSPS) is 17.8. The van der Waals surface area contributed by atoms with Crippen molar-refractivity contribution in [1.82, 2.24) is 20.0 Å².